The number of hydrogen-bond acceptors (Lipinski definition) is 5. The van der Waals surface area contributed by atoms with Crippen LogP contribution in [0.3, 0.4) is 0 Å². The number of ether oxygens (including phenoxy) is 1. The van der Waals surface area contributed by atoms with Crippen LogP contribution in [0.1, 0.15) is 67.2 Å². The van der Waals surface area contributed by atoms with Gasteiger partial charge in [0.15, 0.2) is 0 Å². The molecular weight excluding hydrogens is 424 g/mol. The van der Waals surface area contributed by atoms with Gasteiger partial charge in [0.1, 0.15) is 17.6 Å². The molecule has 0 radical (unpaired) electrons. The first-order valence-corrected chi connectivity index (χ1v) is 12.0. The summed E-state index contributed by atoms with van der Waals surface area (Å²) in [6, 6.07) is -0.973. The molecule has 0 aromatic heterocycles. The molecule has 3 aliphatic heterocycles. The molecule has 0 aromatic carbocycles. The maximum atomic E-state index is 14.3. The van der Waals surface area contributed by atoms with Crippen LogP contribution >= 0.6 is 0 Å². The molecule has 2 N–H and O–H groups in total. The number of nitrogens with zero attached hydrogens (tertiary/aromatic N) is 2. The van der Waals surface area contributed by atoms with Crippen molar-refractivity contribution in [2.24, 2.45) is 17.3 Å². The Labute approximate surface area is 196 Å². The number of carboxylic acids is 1. The summed E-state index contributed by atoms with van der Waals surface area (Å²) in [6.07, 6.45) is 3.79. The smallest absolute Gasteiger partial charge is 0.310 e. The number of likely N-dealkylation sites (tertiary alicyclic amines) is 1. The van der Waals surface area contributed by atoms with E-state index in [0.717, 1.165) is 0 Å². The Morgan fingerprint density at radius 3 is 2.39 bits per heavy atom. The number of rotatable bonds is 9. The number of β-amino-alcohol motifs (C(OH)–C–C–N with tert-alkyl or cyclic N) is 1. The quantitative estimate of drug-likeness (QED) is 0.508. The van der Waals surface area contributed by atoms with Gasteiger partial charge >= 0.3 is 5.97 Å². The zero-order chi connectivity index (χ0) is 25.0. The molecule has 0 saturated carbocycles. The summed E-state index contributed by atoms with van der Waals surface area (Å²) in [5, 5.41) is 19.8. The third-order valence-corrected chi connectivity index (χ3v) is 7.79. The van der Waals surface area contributed by atoms with Crippen molar-refractivity contribution in [3.8, 4) is 0 Å². The Hall–Kier alpha value is -1.93. The van der Waals surface area contributed by atoms with Gasteiger partial charge in [0.2, 0.25) is 11.8 Å². The van der Waals surface area contributed by atoms with E-state index < -0.39 is 46.5 Å². The average molecular weight is 465 g/mol. The SMILES string of the molecule is C=CCN(C(=O)C1N(CCO)C(=O)[C@@H]2[C@H](C(=O)O)[C@]3(CC)CCC12O3)C(C)(C)CC(C)(C)C. The highest BCUT2D eigenvalue weighted by molar-refractivity contribution is 5.98. The minimum Gasteiger partial charge on any atom is -0.481 e. The number of aliphatic hydroxyl groups is 1. The molecule has 8 nitrogen and oxygen atoms in total. The Bertz CT molecular complexity index is 833. The van der Waals surface area contributed by atoms with E-state index in [2.05, 4.69) is 27.4 Å². The first-order valence-electron chi connectivity index (χ1n) is 12.0. The third kappa shape index (κ3) is 3.89. The minimum atomic E-state index is -1.19. The number of carbonyl (C=O) groups excluding carboxylic acids is 2. The van der Waals surface area contributed by atoms with Gasteiger partial charge in [0.25, 0.3) is 0 Å². The van der Waals surface area contributed by atoms with Gasteiger partial charge in [-0.1, -0.05) is 33.8 Å². The van der Waals surface area contributed by atoms with Crippen LogP contribution in [0, 0.1) is 17.3 Å². The molecule has 3 saturated heterocycles. The molecule has 0 aliphatic carbocycles. The van der Waals surface area contributed by atoms with Crippen LogP contribution in [0.2, 0.25) is 0 Å². The zero-order valence-corrected chi connectivity index (χ0v) is 20.9. The fourth-order valence-corrected chi connectivity index (χ4v) is 7.03. The number of amides is 2. The normalized spacial score (nSPS) is 33.4. The summed E-state index contributed by atoms with van der Waals surface area (Å²) >= 11 is 0. The first kappa shape index (κ1) is 25.7. The molecule has 2 amide bonds. The number of carbonyl (C=O) groups is 3. The van der Waals surface area contributed by atoms with Crippen LogP contribution in [0.25, 0.3) is 0 Å². The van der Waals surface area contributed by atoms with E-state index in [9.17, 15) is 24.6 Å². The molecule has 2 unspecified atom stereocenters. The summed E-state index contributed by atoms with van der Waals surface area (Å²) in [7, 11) is 0. The van der Waals surface area contributed by atoms with E-state index in [1.54, 1.807) is 11.0 Å². The van der Waals surface area contributed by atoms with Crippen LogP contribution in [0.15, 0.2) is 12.7 Å². The molecule has 186 valence electrons. The number of fused-ring (bicyclic) bond motifs is 1. The lowest BCUT2D eigenvalue weighted by Crippen LogP contribution is -2.61. The highest BCUT2D eigenvalue weighted by atomic mass is 16.5. The highest BCUT2D eigenvalue weighted by Crippen LogP contribution is 2.64. The van der Waals surface area contributed by atoms with E-state index in [-0.39, 0.29) is 24.5 Å². The second kappa shape index (κ2) is 8.38. The van der Waals surface area contributed by atoms with Gasteiger partial charge in [-0.05, 0) is 44.9 Å². The van der Waals surface area contributed by atoms with Gasteiger partial charge in [-0.25, -0.2) is 0 Å². The number of hydrogen-bond donors (Lipinski definition) is 2. The topological polar surface area (TPSA) is 107 Å². The monoisotopic (exact) mass is 464 g/mol. The van der Waals surface area contributed by atoms with E-state index in [1.165, 1.54) is 4.90 Å². The Morgan fingerprint density at radius 2 is 1.91 bits per heavy atom. The molecule has 8 heteroatoms. The fraction of sp³-hybridized carbons (Fsp3) is 0.800. The van der Waals surface area contributed by atoms with Crippen molar-refractivity contribution in [3.05, 3.63) is 12.7 Å². The molecule has 3 aliphatic rings. The van der Waals surface area contributed by atoms with Crippen LogP contribution in [-0.4, -0.2) is 80.3 Å². The van der Waals surface area contributed by atoms with Gasteiger partial charge in [-0.15, -0.1) is 6.58 Å². The van der Waals surface area contributed by atoms with Crippen molar-refractivity contribution in [1.29, 1.82) is 0 Å². The lowest BCUT2D eigenvalue weighted by molar-refractivity contribution is -0.160. The van der Waals surface area contributed by atoms with Gasteiger partial charge in [0.05, 0.1) is 18.1 Å². The number of aliphatic carboxylic acids is 1. The van der Waals surface area contributed by atoms with Gasteiger partial charge in [0, 0.05) is 18.6 Å². The van der Waals surface area contributed by atoms with E-state index in [4.69, 9.17) is 4.74 Å². The molecule has 3 fully saturated rings. The predicted molar refractivity (Wildman–Crippen MR) is 123 cm³/mol. The summed E-state index contributed by atoms with van der Waals surface area (Å²) in [6.45, 7) is 16.0. The van der Waals surface area contributed by atoms with Gasteiger partial charge < -0.3 is 24.7 Å². The molecule has 1 spiro atoms. The summed E-state index contributed by atoms with van der Waals surface area (Å²) in [5.74, 6) is -3.67. The standard InChI is InChI=1S/C25H40N2O6/c1-8-12-27(23(6,7)15-22(3,4)5)20(30)18-25-11-10-24(9-2,33-25)17(21(31)32)16(25)19(29)26(18)13-14-28/h8,16-18,28H,1,9-15H2,2-7H3,(H,31,32)/t16-,17+,18?,24-,25?/m0/s1. The van der Waals surface area contributed by atoms with Crippen molar-refractivity contribution in [1.82, 2.24) is 9.80 Å². The number of aliphatic hydroxyl groups excluding tert-OH is 1. The lowest BCUT2D eigenvalue weighted by Gasteiger charge is -2.45. The average Bonchev–Trinajstić information content (AvgIpc) is 3.28. The van der Waals surface area contributed by atoms with Crippen LogP contribution in [-0.2, 0) is 19.1 Å². The number of carboxylic acid groups (broad SMARTS) is 1. The Balaban J connectivity index is 2.11. The fourth-order valence-electron chi connectivity index (χ4n) is 7.03. The van der Waals surface area contributed by atoms with Crippen LogP contribution < -0.4 is 0 Å². The first-order chi connectivity index (χ1) is 15.2. The Kier molecular flexibility index (Phi) is 6.52. The van der Waals surface area contributed by atoms with Gasteiger partial charge in [-0.2, -0.15) is 0 Å². The summed E-state index contributed by atoms with van der Waals surface area (Å²) in [4.78, 5) is 43.3. The maximum absolute atomic E-state index is 14.3. The van der Waals surface area contributed by atoms with Crippen LogP contribution in [0.5, 0.6) is 0 Å². The molecule has 33 heavy (non-hydrogen) atoms. The van der Waals surface area contributed by atoms with E-state index in [1.807, 2.05) is 20.8 Å². The zero-order valence-electron chi connectivity index (χ0n) is 20.9. The second-order valence-corrected chi connectivity index (χ2v) is 11.7. The lowest BCUT2D eigenvalue weighted by atomic mass is 9.65. The molecule has 2 bridgehead atoms. The van der Waals surface area contributed by atoms with Gasteiger partial charge in [-0.3, -0.25) is 14.4 Å². The van der Waals surface area contributed by atoms with E-state index in [0.29, 0.717) is 32.2 Å². The largest absolute Gasteiger partial charge is 0.481 e. The third-order valence-electron chi connectivity index (χ3n) is 7.79. The summed E-state index contributed by atoms with van der Waals surface area (Å²) in [5.41, 5.74) is -2.74. The van der Waals surface area contributed by atoms with Crippen molar-refractivity contribution in [2.45, 2.75) is 90.0 Å². The molecule has 0 aromatic rings. The summed E-state index contributed by atoms with van der Waals surface area (Å²) < 4.78 is 6.52. The van der Waals surface area contributed by atoms with Crippen molar-refractivity contribution in [3.63, 3.8) is 0 Å². The predicted octanol–water partition coefficient (Wildman–Crippen LogP) is 2.45. The molecular formula is C25H40N2O6. The highest BCUT2D eigenvalue weighted by Gasteiger charge is 2.79. The molecule has 5 atom stereocenters. The molecule has 3 heterocycles. The van der Waals surface area contributed by atoms with Crippen molar-refractivity contribution in [2.75, 3.05) is 19.7 Å². The second-order valence-electron chi connectivity index (χ2n) is 11.7. The van der Waals surface area contributed by atoms with Crippen molar-refractivity contribution >= 4 is 17.8 Å². The molecule has 3 rings (SSSR count). The van der Waals surface area contributed by atoms with E-state index >= 15 is 0 Å². The maximum Gasteiger partial charge on any atom is 0.310 e. The Morgan fingerprint density at radius 1 is 1.27 bits per heavy atom. The minimum absolute atomic E-state index is 0.0378. The van der Waals surface area contributed by atoms with Crippen LogP contribution in [0.4, 0.5) is 0 Å². The van der Waals surface area contributed by atoms with Crippen molar-refractivity contribution < 1.29 is 29.3 Å².